The van der Waals surface area contributed by atoms with Crippen LogP contribution < -0.4 is 0 Å². The Labute approximate surface area is 152 Å². The molecule has 2 aromatic rings. The van der Waals surface area contributed by atoms with Crippen molar-refractivity contribution in [2.45, 2.75) is 25.4 Å². The number of carboxylic acids is 1. The number of hydrogen-bond acceptors (Lipinski definition) is 5. The van der Waals surface area contributed by atoms with Crippen LogP contribution in [-0.4, -0.2) is 68.2 Å². The van der Waals surface area contributed by atoms with Crippen molar-refractivity contribution in [3.05, 3.63) is 42.5 Å². The molecule has 8 nitrogen and oxygen atoms in total. The first kappa shape index (κ1) is 18.1. The minimum Gasteiger partial charge on any atom is -0.480 e. The Bertz CT molecular complexity index is 774. The first-order valence-corrected chi connectivity index (χ1v) is 8.59. The SMILES string of the molecule is CN(C)C(=O)C1CCC(C(=O)O)N(Cc2ncn(-c3ccccc3)n2)C1. The normalized spacial score (nSPS) is 20.7. The molecule has 26 heavy (non-hydrogen) atoms. The third-order valence-corrected chi connectivity index (χ3v) is 4.66. The Morgan fingerprint density at radius 3 is 2.62 bits per heavy atom. The number of aliphatic carboxylic acids is 1. The lowest BCUT2D eigenvalue weighted by Crippen LogP contribution is -2.50. The van der Waals surface area contributed by atoms with Gasteiger partial charge in [0.15, 0.2) is 5.82 Å². The number of likely N-dealkylation sites (tertiary alicyclic amines) is 1. The van der Waals surface area contributed by atoms with Gasteiger partial charge in [0, 0.05) is 20.6 Å². The molecule has 0 spiro atoms. The Morgan fingerprint density at radius 1 is 1.23 bits per heavy atom. The second-order valence-corrected chi connectivity index (χ2v) is 6.73. The van der Waals surface area contributed by atoms with E-state index < -0.39 is 12.0 Å². The van der Waals surface area contributed by atoms with Crippen LogP contribution in [0.4, 0.5) is 0 Å². The third kappa shape index (κ3) is 3.91. The summed E-state index contributed by atoms with van der Waals surface area (Å²) in [5, 5.41) is 14.0. The molecule has 2 heterocycles. The summed E-state index contributed by atoms with van der Waals surface area (Å²) in [4.78, 5) is 31.6. The lowest BCUT2D eigenvalue weighted by atomic mass is 9.91. The molecule has 1 amide bonds. The van der Waals surface area contributed by atoms with Crippen molar-refractivity contribution >= 4 is 11.9 Å². The van der Waals surface area contributed by atoms with Crippen LogP contribution in [-0.2, 0) is 16.1 Å². The highest BCUT2D eigenvalue weighted by molar-refractivity contribution is 5.79. The number of para-hydroxylation sites is 1. The van der Waals surface area contributed by atoms with Gasteiger partial charge in [-0.05, 0) is 25.0 Å². The average Bonchev–Trinajstić information content (AvgIpc) is 3.10. The quantitative estimate of drug-likeness (QED) is 0.859. The number of carbonyl (C=O) groups excluding carboxylic acids is 1. The summed E-state index contributed by atoms with van der Waals surface area (Å²) >= 11 is 0. The summed E-state index contributed by atoms with van der Waals surface area (Å²) in [6, 6.07) is 8.98. The van der Waals surface area contributed by atoms with Crippen LogP contribution in [0.25, 0.3) is 5.69 Å². The highest BCUT2D eigenvalue weighted by Crippen LogP contribution is 2.25. The first-order valence-electron chi connectivity index (χ1n) is 8.59. The number of hydrogen-bond donors (Lipinski definition) is 1. The Balaban J connectivity index is 1.75. The standard InChI is InChI=1S/C18H23N5O3/c1-21(2)17(24)13-8-9-15(18(25)26)22(10-13)11-16-19-12-23(20-16)14-6-4-3-5-7-14/h3-7,12-13,15H,8-11H2,1-2H3,(H,25,26). The summed E-state index contributed by atoms with van der Waals surface area (Å²) in [7, 11) is 3.44. The smallest absolute Gasteiger partial charge is 0.320 e. The van der Waals surface area contributed by atoms with Gasteiger partial charge in [0.05, 0.1) is 18.2 Å². The molecule has 2 unspecified atom stereocenters. The van der Waals surface area contributed by atoms with Crippen molar-refractivity contribution in [2.75, 3.05) is 20.6 Å². The number of carboxylic acid groups (broad SMARTS) is 1. The van der Waals surface area contributed by atoms with Gasteiger partial charge in [-0.15, -0.1) is 5.10 Å². The molecule has 0 saturated carbocycles. The van der Waals surface area contributed by atoms with Gasteiger partial charge in [-0.25, -0.2) is 9.67 Å². The molecule has 0 radical (unpaired) electrons. The highest BCUT2D eigenvalue weighted by atomic mass is 16.4. The van der Waals surface area contributed by atoms with Crippen molar-refractivity contribution in [1.82, 2.24) is 24.6 Å². The van der Waals surface area contributed by atoms with Crippen molar-refractivity contribution in [1.29, 1.82) is 0 Å². The van der Waals surface area contributed by atoms with Gasteiger partial charge in [0.25, 0.3) is 0 Å². The molecule has 1 aromatic heterocycles. The van der Waals surface area contributed by atoms with Gasteiger partial charge in [0.2, 0.25) is 5.91 Å². The molecule has 1 aliphatic rings. The first-order chi connectivity index (χ1) is 12.5. The van der Waals surface area contributed by atoms with Crippen molar-refractivity contribution in [2.24, 2.45) is 5.92 Å². The zero-order valence-corrected chi connectivity index (χ0v) is 14.9. The zero-order valence-electron chi connectivity index (χ0n) is 14.9. The van der Waals surface area contributed by atoms with E-state index in [2.05, 4.69) is 10.1 Å². The maximum atomic E-state index is 12.3. The number of aromatic nitrogens is 3. The zero-order chi connectivity index (χ0) is 18.7. The fourth-order valence-electron chi connectivity index (χ4n) is 3.32. The van der Waals surface area contributed by atoms with E-state index in [1.807, 2.05) is 30.3 Å². The van der Waals surface area contributed by atoms with Gasteiger partial charge < -0.3 is 10.0 Å². The van der Waals surface area contributed by atoms with E-state index in [-0.39, 0.29) is 11.8 Å². The Morgan fingerprint density at radius 2 is 1.96 bits per heavy atom. The third-order valence-electron chi connectivity index (χ3n) is 4.66. The number of rotatable bonds is 5. The van der Waals surface area contributed by atoms with Crippen LogP contribution >= 0.6 is 0 Å². The molecule has 1 saturated heterocycles. The average molecular weight is 357 g/mol. The monoisotopic (exact) mass is 357 g/mol. The number of nitrogens with zero attached hydrogens (tertiary/aromatic N) is 5. The van der Waals surface area contributed by atoms with Crippen LogP contribution in [0.15, 0.2) is 36.7 Å². The van der Waals surface area contributed by atoms with Crippen LogP contribution in [0.2, 0.25) is 0 Å². The molecule has 2 atom stereocenters. The topological polar surface area (TPSA) is 91.6 Å². The fraction of sp³-hybridized carbons (Fsp3) is 0.444. The summed E-state index contributed by atoms with van der Waals surface area (Å²) in [6.07, 6.45) is 2.64. The van der Waals surface area contributed by atoms with Gasteiger partial charge in [-0.2, -0.15) is 0 Å². The molecule has 8 heteroatoms. The van der Waals surface area contributed by atoms with Gasteiger partial charge in [-0.3, -0.25) is 14.5 Å². The number of amides is 1. The minimum atomic E-state index is -0.872. The second kappa shape index (κ2) is 7.65. The number of benzene rings is 1. The summed E-state index contributed by atoms with van der Waals surface area (Å²) in [5.74, 6) is -0.500. The molecule has 1 fully saturated rings. The molecule has 1 aliphatic heterocycles. The predicted molar refractivity (Wildman–Crippen MR) is 94.6 cm³/mol. The highest BCUT2D eigenvalue weighted by Gasteiger charge is 2.36. The maximum Gasteiger partial charge on any atom is 0.320 e. The lowest BCUT2D eigenvalue weighted by Gasteiger charge is -2.36. The van der Waals surface area contributed by atoms with Crippen molar-refractivity contribution in [3.8, 4) is 5.69 Å². The number of piperidine rings is 1. The Kier molecular flexibility index (Phi) is 5.32. The summed E-state index contributed by atoms with van der Waals surface area (Å²) in [5.41, 5.74) is 0.889. The molecule has 138 valence electrons. The van der Waals surface area contributed by atoms with E-state index in [1.54, 1.807) is 34.9 Å². The van der Waals surface area contributed by atoms with Gasteiger partial charge in [0.1, 0.15) is 12.4 Å². The van der Waals surface area contributed by atoms with Crippen LogP contribution in [0.5, 0.6) is 0 Å². The van der Waals surface area contributed by atoms with E-state index in [9.17, 15) is 14.7 Å². The molecular formula is C18H23N5O3. The molecule has 1 N–H and O–H groups in total. The van der Waals surface area contributed by atoms with E-state index >= 15 is 0 Å². The molecule has 3 rings (SSSR count). The van der Waals surface area contributed by atoms with Crippen LogP contribution in [0.3, 0.4) is 0 Å². The van der Waals surface area contributed by atoms with E-state index in [0.29, 0.717) is 31.8 Å². The van der Waals surface area contributed by atoms with Crippen molar-refractivity contribution in [3.63, 3.8) is 0 Å². The van der Waals surface area contributed by atoms with Gasteiger partial charge in [-0.1, -0.05) is 18.2 Å². The van der Waals surface area contributed by atoms with Crippen LogP contribution in [0.1, 0.15) is 18.7 Å². The molecule has 0 aliphatic carbocycles. The predicted octanol–water partition coefficient (Wildman–Crippen LogP) is 1.02. The van der Waals surface area contributed by atoms with E-state index in [4.69, 9.17) is 0 Å². The number of carbonyl (C=O) groups is 2. The van der Waals surface area contributed by atoms with Crippen LogP contribution in [0, 0.1) is 5.92 Å². The molecule has 0 bridgehead atoms. The van der Waals surface area contributed by atoms with E-state index in [1.165, 1.54) is 0 Å². The van der Waals surface area contributed by atoms with E-state index in [0.717, 1.165) is 5.69 Å². The fourth-order valence-corrected chi connectivity index (χ4v) is 3.32. The lowest BCUT2D eigenvalue weighted by molar-refractivity contribution is -0.148. The van der Waals surface area contributed by atoms with Crippen molar-refractivity contribution < 1.29 is 14.7 Å². The largest absolute Gasteiger partial charge is 0.480 e. The maximum absolute atomic E-state index is 12.3. The molecular weight excluding hydrogens is 334 g/mol. The Hall–Kier alpha value is -2.74. The molecule has 1 aromatic carbocycles. The minimum absolute atomic E-state index is 0.0293. The van der Waals surface area contributed by atoms with Gasteiger partial charge >= 0.3 is 5.97 Å². The second-order valence-electron chi connectivity index (χ2n) is 6.73. The summed E-state index contributed by atoms with van der Waals surface area (Å²) in [6.45, 7) is 0.696. The summed E-state index contributed by atoms with van der Waals surface area (Å²) < 4.78 is 1.66.